The number of nitrogens with zero attached hydrogens (tertiary/aromatic N) is 6. The van der Waals surface area contributed by atoms with Crippen LogP contribution in [0.2, 0.25) is 5.02 Å². The van der Waals surface area contributed by atoms with E-state index in [0.29, 0.717) is 28.5 Å². The van der Waals surface area contributed by atoms with Crippen LogP contribution in [-0.2, 0) is 25.4 Å². The number of halogens is 1. The Labute approximate surface area is 182 Å². The molecule has 9 nitrogen and oxygen atoms in total. The Balaban J connectivity index is 1.71. The van der Waals surface area contributed by atoms with Gasteiger partial charge < -0.3 is 9.30 Å². The maximum Gasteiger partial charge on any atom is 0.332 e. The van der Waals surface area contributed by atoms with Gasteiger partial charge >= 0.3 is 5.69 Å². The van der Waals surface area contributed by atoms with E-state index in [9.17, 15) is 9.59 Å². The average molecular weight is 443 g/mol. The van der Waals surface area contributed by atoms with E-state index in [1.807, 2.05) is 30.5 Å². The van der Waals surface area contributed by atoms with E-state index >= 15 is 0 Å². The third-order valence-electron chi connectivity index (χ3n) is 5.94. The minimum atomic E-state index is -0.393. The van der Waals surface area contributed by atoms with Crippen LogP contribution in [0.5, 0.6) is 0 Å². The maximum atomic E-state index is 12.9. The minimum Gasteiger partial charge on any atom is -0.379 e. The van der Waals surface area contributed by atoms with E-state index in [-0.39, 0.29) is 5.56 Å². The first-order valence-electron chi connectivity index (χ1n) is 10.2. The second-order valence-corrected chi connectivity index (χ2v) is 8.22. The Morgan fingerprint density at radius 1 is 1.03 bits per heavy atom. The lowest BCUT2D eigenvalue weighted by molar-refractivity contribution is 0.0365. The summed E-state index contributed by atoms with van der Waals surface area (Å²) in [6.07, 6.45) is 1.92. The number of benzene rings is 1. The van der Waals surface area contributed by atoms with Gasteiger partial charge in [0.2, 0.25) is 5.78 Å². The Hall–Kier alpha value is -2.88. The normalized spacial score (nSPS) is 15.3. The second-order valence-electron chi connectivity index (χ2n) is 7.79. The number of fused-ring (bicyclic) bond motifs is 3. The standard InChI is InChI=1S/C21H23ClN6O3/c1-24-18-17(19(29)25(2)21(24)30)28-13-16(14-3-5-15(22)6-4-14)27(20(28)23-18)8-7-26-9-11-31-12-10-26/h3-6,13H,7-12H2,1-2H3. The molecule has 0 atom stereocenters. The van der Waals surface area contributed by atoms with Gasteiger partial charge in [0.1, 0.15) is 0 Å². The van der Waals surface area contributed by atoms with Crippen molar-refractivity contribution in [3.05, 3.63) is 56.3 Å². The van der Waals surface area contributed by atoms with Gasteiger partial charge in [0, 0.05) is 51.5 Å². The van der Waals surface area contributed by atoms with Gasteiger partial charge in [-0.2, -0.15) is 4.98 Å². The molecule has 0 N–H and O–H groups in total. The molecule has 31 heavy (non-hydrogen) atoms. The number of aryl methyl sites for hydroxylation is 1. The number of hydrogen-bond donors (Lipinski definition) is 0. The molecule has 162 valence electrons. The molecule has 0 unspecified atom stereocenters. The van der Waals surface area contributed by atoms with Crippen molar-refractivity contribution >= 4 is 28.5 Å². The first kappa shape index (κ1) is 20.0. The highest BCUT2D eigenvalue weighted by atomic mass is 35.5. The SMILES string of the molecule is Cn1c(=O)c2c(nc3n(CCN4CCOCC4)c(-c4ccc(Cl)cc4)cn23)n(C)c1=O. The van der Waals surface area contributed by atoms with E-state index in [0.717, 1.165) is 48.7 Å². The van der Waals surface area contributed by atoms with Crippen LogP contribution in [0.25, 0.3) is 28.2 Å². The molecule has 4 aromatic rings. The fraction of sp³-hybridized carbons (Fsp3) is 0.381. The topological polar surface area (TPSA) is 78.7 Å². The predicted molar refractivity (Wildman–Crippen MR) is 119 cm³/mol. The van der Waals surface area contributed by atoms with Gasteiger partial charge in [0.25, 0.3) is 5.56 Å². The Morgan fingerprint density at radius 3 is 2.45 bits per heavy atom. The monoisotopic (exact) mass is 442 g/mol. The molecule has 3 aromatic heterocycles. The van der Waals surface area contributed by atoms with Gasteiger partial charge in [-0.25, -0.2) is 4.79 Å². The van der Waals surface area contributed by atoms with Crippen molar-refractivity contribution in [2.45, 2.75) is 6.54 Å². The summed E-state index contributed by atoms with van der Waals surface area (Å²) in [6, 6.07) is 7.61. The van der Waals surface area contributed by atoms with Crippen LogP contribution in [0.1, 0.15) is 0 Å². The molecule has 0 saturated carbocycles. The molecule has 1 saturated heterocycles. The molecular weight excluding hydrogens is 420 g/mol. The number of aromatic nitrogens is 5. The van der Waals surface area contributed by atoms with E-state index in [1.54, 1.807) is 11.4 Å². The first-order valence-corrected chi connectivity index (χ1v) is 10.6. The van der Waals surface area contributed by atoms with Crippen LogP contribution in [0, 0.1) is 0 Å². The Morgan fingerprint density at radius 2 is 1.74 bits per heavy atom. The molecule has 0 bridgehead atoms. The summed E-state index contributed by atoms with van der Waals surface area (Å²) < 4.78 is 11.9. The lowest BCUT2D eigenvalue weighted by Gasteiger charge is -2.26. The molecular formula is C21H23ClN6O3. The lowest BCUT2D eigenvalue weighted by Crippen LogP contribution is -2.38. The Bertz CT molecular complexity index is 1390. The van der Waals surface area contributed by atoms with Crippen molar-refractivity contribution in [1.29, 1.82) is 0 Å². The van der Waals surface area contributed by atoms with Gasteiger partial charge in [0.05, 0.1) is 18.9 Å². The fourth-order valence-corrected chi connectivity index (χ4v) is 4.28. The summed E-state index contributed by atoms with van der Waals surface area (Å²) in [4.78, 5) is 32.4. The van der Waals surface area contributed by atoms with E-state index in [2.05, 4.69) is 9.47 Å². The quantitative estimate of drug-likeness (QED) is 0.476. The number of rotatable bonds is 4. The van der Waals surface area contributed by atoms with Crippen LogP contribution in [0.3, 0.4) is 0 Å². The summed E-state index contributed by atoms with van der Waals surface area (Å²) in [5.41, 5.74) is 1.93. The Kier molecular flexibility index (Phi) is 4.96. The summed E-state index contributed by atoms with van der Waals surface area (Å²) in [5, 5.41) is 0.661. The van der Waals surface area contributed by atoms with Crippen LogP contribution >= 0.6 is 11.6 Å². The van der Waals surface area contributed by atoms with E-state index < -0.39 is 5.69 Å². The smallest absolute Gasteiger partial charge is 0.332 e. The molecule has 10 heteroatoms. The highest BCUT2D eigenvalue weighted by molar-refractivity contribution is 6.30. The van der Waals surface area contributed by atoms with E-state index in [1.165, 1.54) is 11.6 Å². The van der Waals surface area contributed by atoms with Gasteiger partial charge in [-0.15, -0.1) is 0 Å². The highest BCUT2D eigenvalue weighted by Gasteiger charge is 2.21. The zero-order valence-corrected chi connectivity index (χ0v) is 18.2. The van der Waals surface area contributed by atoms with Gasteiger partial charge in [-0.3, -0.25) is 23.2 Å². The van der Waals surface area contributed by atoms with Crippen molar-refractivity contribution in [3.63, 3.8) is 0 Å². The summed E-state index contributed by atoms with van der Waals surface area (Å²) in [7, 11) is 3.12. The number of ether oxygens (including phenoxy) is 1. The molecule has 4 heterocycles. The molecule has 1 aromatic carbocycles. The molecule has 1 aliphatic heterocycles. The molecule has 1 fully saturated rings. The number of hydrogen-bond acceptors (Lipinski definition) is 5. The number of morpholine rings is 1. The van der Waals surface area contributed by atoms with Crippen LogP contribution < -0.4 is 11.2 Å². The van der Waals surface area contributed by atoms with Crippen molar-refractivity contribution < 1.29 is 4.74 Å². The van der Waals surface area contributed by atoms with Crippen molar-refractivity contribution in [2.24, 2.45) is 14.1 Å². The van der Waals surface area contributed by atoms with E-state index in [4.69, 9.17) is 21.3 Å². The molecule has 0 spiro atoms. The summed E-state index contributed by atoms with van der Waals surface area (Å²) >= 11 is 6.09. The second kappa shape index (κ2) is 7.67. The van der Waals surface area contributed by atoms with Gasteiger partial charge in [-0.1, -0.05) is 23.7 Å². The van der Waals surface area contributed by atoms with Crippen LogP contribution in [0.4, 0.5) is 0 Å². The zero-order chi connectivity index (χ0) is 21.7. The number of imidazole rings is 2. The van der Waals surface area contributed by atoms with Crippen molar-refractivity contribution in [1.82, 2.24) is 28.0 Å². The fourth-order valence-electron chi connectivity index (χ4n) is 4.15. The molecule has 0 radical (unpaired) electrons. The predicted octanol–water partition coefficient (Wildman–Crippen LogP) is 1.34. The third-order valence-corrected chi connectivity index (χ3v) is 6.19. The largest absolute Gasteiger partial charge is 0.379 e. The first-order chi connectivity index (χ1) is 15.0. The van der Waals surface area contributed by atoms with Crippen LogP contribution in [-0.4, -0.2) is 60.8 Å². The van der Waals surface area contributed by atoms with Gasteiger partial charge in [-0.05, 0) is 17.7 Å². The summed E-state index contributed by atoms with van der Waals surface area (Å²) in [5.74, 6) is 0.631. The molecule has 0 amide bonds. The highest BCUT2D eigenvalue weighted by Crippen LogP contribution is 2.26. The van der Waals surface area contributed by atoms with Gasteiger partial charge in [0.15, 0.2) is 11.2 Å². The maximum absolute atomic E-state index is 12.9. The average Bonchev–Trinajstić information content (AvgIpc) is 3.32. The third kappa shape index (κ3) is 3.29. The molecule has 0 aliphatic carbocycles. The zero-order valence-electron chi connectivity index (χ0n) is 17.4. The summed E-state index contributed by atoms with van der Waals surface area (Å²) in [6.45, 7) is 4.76. The van der Waals surface area contributed by atoms with Crippen molar-refractivity contribution in [2.75, 3.05) is 32.8 Å². The lowest BCUT2D eigenvalue weighted by atomic mass is 10.1. The molecule has 5 rings (SSSR count). The molecule has 1 aliphatic rings. The van der Waals surface area contributed by atoms with Crippen LogP contribution in [0.15, 0.2) is 40.1 Å². The van der Waals surface area contributed by atoms with Crippen molar-refractivity contribution in [3.8, 4) is 11.3 Å². The minimum absolute atomic E-state index is 0.362.